The van der Waals surface area contributed by atoms with E-state index < -0.39 is 11.8 Å². The van der Waals surface area contributed by atoms with E-state index in [2.05, 4.69) is 0 Å². The number of anilines is 1. The van der Waals surface area contributed by atoms with Crippen LogP contribution in [0.5, 0.6) is 0 Å². The van der Waals surface area contributed by atoms with Crippen LogP contribution in [0.25, 0.3) is 0 Å². The van der Waals surface area contributed by atoms with Crippen LogP contribution in [0, 0.1) is 5.92 Å². The van der Waals surface area contributed by atoms with E-state index in [1.54, 1.807) is 0 Å². The zero-order valence-electron chi connectivity index (χ0n) is 18.8. The minimum atomic E-state index is -0.611. The SMILES string of the molecule is COC(=O)C1C(C)=NC2=C(C(=O)C[C@@H](c3ccc(Cl)cc3)C2)[C@H]1c1ccc(N(C)C)cc1. The average Bonchev–Trinajstić information content (AvgIpc) is 2.78. The smallest absolute Gasteiger partial charge is 0.315 e. The van der Waals surface area contributed by atoms with Crippen molar-refractivity contribution in [3.05, 3.63) is 76.0 Å². The summed E-state index contributed by atoms with van der Waals surface area (Å²) in [6, 6.07) is 15.7. The molecule has 1 heterocycles. The predicted molar refractivity (Wildman–Crippen MR) is 128 cm³/mol. The fourth-order valence-electron chi connectivity index (χ4n) is 4.80. The van der Waals surface area contributed by atoms with Crippen LogP contribution in [0.4, 0.5) is 5.69 Å². The minimum Gasteiger partial charge on any atom is -0.468 e. The van der Waals surface area contributed by atoms with Gasteiger partial charge in [0, 0.05) is 54.1 Å². The molecule has 1 aliphatic carbocycles. The molecule has 0 aromatic heterocycles. The highest BCUT2D eigenvalue weighted by atomic mass is 35.5. The molecule has 0 radical (unpaired) electrons. The summed E-state index contributed by atoms with van der Waals surface area (Å²) in [5, 5.41) is 0.671. The van der Waals surface area contributed by atoms with Crippen molar-refractivity contribution >= 4 is 34.8 Å². The van der Waals surface area contributed by atoms with Gasteiger partial charge in [0.15, 0.2) is 5.78 Å². The number of hydrogen-bond acceptors (Lipinski definition) is 5. The monoisotopic (exact) mass is 450 g/mol. The number of nitrogens with zero attached hydrogens (tertiary/aromatic N) is 2. The van der Waals surface area contributed by atoms with Gasteiger partial charge in [0.1, 0.15) is 5.92 Å². The molecule has 0 spiro atoms. The maximum absolute atomic E-state index is 13.5. The van der Waals surface area contributed by atoms with Gasteiger partial charge in [0.25, 0.3) is 0 Å². The van der Waals surface area contributed by atoms with Gasteiger partial charge in [0.05, 0.1) is 7.11 Å². The lowest BCUT2D eigenvalue weighted by Gasteiger charge is -2.36. The molecule has 0 fully saturated rings. The number of aliphatic imine (C=N–C) groups is 1. The van der Waals surface area contributed by atoms with Crippen molar-refractivity contribution in [2.75, 3.05) is 26.1 Å². The third-order valence-electron chi connectivity index (χ3n) is 6.45. The number of carbonyl (C=O) groups excluding carboxylic acids is 2. The van der Waals surface area contributed by atoms with Crippen molar-refractivity contribution in [3.8, 4) is 0 Å². The molecule has 2 aromatic carbocycles. The third kappa shape index (κ3) is 4.09. The van der Waals surface area contributed by atoms with E-state index in [0.29, 0.717) is 29.1 Å². The number of esters is 1. The number of allylic oxidation sites excluding steroid dienone is 2. The Morgan fingerprint density at radius 1 is 1.03 bits per heavy atom. The number of benzene rings is 2. The van der Waals surface area contributed by atoms with E-state index in [-0.39, 0.29) is 17.7 Å². The molecule has 32 heavy (non-hydrogen) atoms. The molecule has 0 saturated carbocycles. The van der Waals surface area contributed by atoms with Crippen LogP contribution >= 0.6 is 11.6 Å². The fraction of sp³-hybridized carbons (Fsp3) is 0.346. The van der Waals surface area contributed by atoms with Gasteiger partial charge in [-0.1, -0.05) is 35.9 Å². The molecule has 0 bridgehead atoms. The number of halogens is 1. The van der Waals surface area contributed by atoms with Crippen LogP contribution in [-0.2, 0) is 14.3 Å². The number of carbonyl (C=O) groups is 2. The first-order valence-electron chi connectivity index (χ1n) is 10.7. The maximum atomic E-state index is 13.5. The topological polar surface area (TPSA) is 59.0 Å². The summed E-state index contributed by atoms with van der Waals surface area (Å²) >= 11 is 6.04. The summed E-state index contributed by atoms with van der Waals surface area (Å²) in [5.41, 5.74) is 5.16. The summed E-state index contributed by atoms with van der Waals surface area (Å²) in [6.45, 7) is 1.85. The number of methoxy groups -OCH3 is 1. The largest absolute Gasteiger partial charge is 0.468 e. The molecule has 1 unspecified atom stereocenters. The number of ketones is 1. The van der Waals surface area contributed by atoms with E-state index in [9.17, 15) is 9.59 Å². The number of ether oxygens (including phenoxy) is 1. The lowest BCUT2D eigenvalue weighted by atomic mass is 9.69. The number of Topliss-reactive ketones (excluding diaryl/α,β-unsaturated/α-hetero) is 1. The van der Waals surface area contributed by atoms with Gasteiger partial charge in [-0.15, -0.1) is 0 Å². The van der Waals surface area contributed by atoms with Gasteiger partial charge in [-0.3, -0.25) is 14.6 Å². The average molecular weight is 451 g/mol. The highest BCUT2D eigenvalue weighted by Gasteiger charge is 2.44. The van der Waals surface area contributed by atoms with Gasteiger partial charge >= 0.3 is 5.97 Å². The molecule has 4 rings (SSSR count). The summed E-state index contributed by atoms with van der Waals surface area (Å²) in [6.07, 6.45) is 1.04. The van der Waals surface area contributed by atoms with Crippen molar-refractivity contribution in [1.82, 2.24) is 0 Å². The first-order valence-corrected chi connectivity index (χ1v) is 11.1. The van der Waals surface area contributed by atoms with E-state index in [4.69, 9.17) is 21.3 Å². The fourth-order valence-corrected chi connectivity index (χ4v) is 4.93. The lowest BCUT2D eigenvalue weighted by Crippen LogP contribution is -2.37. The van der Waals surface area contributed by atoms with Crippen LogP contribution in [0.1, 0.15) is 42.7 Å². The molecule has 0 N–H and O–H groups in total. The quantitative estimate of drug-likeness (QED) is 0.604. The van der Waals surface area contributed by atoms with Gasteiger partial charge < -0.3 is 9.64 Å². The van der Waals surface area contributed by atoms with Gasteiger partial charge in [0.2, 0.25) is 0 Å². The highest BCUT2D eigenvalue weighted by Crippen LogP contribution is 2.47. The summed E-state index contributed by atoms with van der Waals surface area (Å²) in [5.74, 6) is -1.29. The molecular weight excluding hydrogens is 424 g/mol. The minimum absolute atomic E-state index is 0.0399. The van der Waals surface area contributed by atoms with Gasteiger partial charge in [-0.2, -0.15) is 0 Å². The predicted octanol–water partition coefficient (Wildman–Crippen LogP) is 5.15. The Morgan fingerprint density at radius 3 is 2.25 bits per heavy atom. The van der Waals surface area contributed by atoms with E-state index >= 15 is 0 Å². The zero-order chi connectivity index (χ0) is 23.0. The molecular formula is C26H27ClN2O3. The third-order valence-corrected chi connectivity index (χ3v) is 6.71. The normalized spacial score (nSPS) is 22.8. The summed E-state index contributed by atoms with van der Waals surface area (Å²) in [7, 11) is 5.34. The Hall–Kier alpha value is -2.92. The van der Waals surface area contributed by atoms with Crippen LogP contribution in [0.15, 0.2) is 64.8 Å². The van der Waals surface area contributed by atoms with Gasteiger partial charge in [-0.25, -0.2) is 0 Å². The van der Waals surface area contributed by atoms with Gasteiger partial charge in [-0.05, 0) is 54.7 Å². The zero-order valence-corrected chi connectivity index (χ0v) is 19.5. The Labute approximate surface area is 193 Å². The van der Waals surface area contributed by atoms with Crippen molar-refractivity contribution < 1.29 is 14.3 Å². The Bertz CT molecular complexity index is 1100. The van der Waals surface area contributed by atoms with Crippen molar-refractivity contribution in [2.24, 2.45) is 10.9 Å². The van der Waals surface area contributed by atoms with E-state index in [1.165, 1.54) is 7.11 Å². The second-order valence-electron chi connectivity index (χ2n) is 8.66. The first kappa shape index (κ1) is 22.3. The van der Waals surface area contributed by atoms with Crippen molar-refractivity contribution in [1.29, 1.82) is 0 Å². The van der Waals surface area contributed by atoms with E-state index in [1.807, 2.05) is 74.4 Å². The molecule has 5 nitrogen and oxygen atoms in total. The van der Waals surface area contributed by atoms with E-state index in [0.717, 1.165) is 22.5 Å². The first-order chi connectivity index (χ1) is 15.3. The maximum Gasteiger partial charge on any atom is 0.315 e. The van der Waals surface area contributed by atoms with Crippen molar-refractivity contribution in [3.63, 3.8) is 0 Å². The molecule has 1 aliphatic heterocycles. The van der Waals surface area contributed by atoms with Crippen LogP contribution < -0.4 is 4.90 Å². The highest BCUT2D eigenvalue weighted by molar-refractivity contribution is 6.30. The van der Waals surface area contributed by atoms with Crippen molar-refractivity contribution in [2.45, 2.75) is 31.6 Å². The van der Waals surface area contributed by atoms with Crippen LogP contribution in [0.3, 0.4) is 0 Å². The molecule has 166 valence electrons. The summed E-state index contributed by atoms with van der Waals surface area (Å²) < 4.78 is 5.12. The molecule has 3 atom stereocenters. The number of rotatable bonds is 4. The molecule has 0 amide bonds. The second kappa shape index (κ2) is 8.91. The molecule has 2 aromatic rings. The Kier molecular flexibility index (Phi) is 6.20. The standard InChI is InChI=1S/C26H27ClN2O3/c1-15-23(26(31)32-4)24(17-7-11-20(12-8-17)29(2)3)25-21(28-15)13-18(14-22(25)30)16-5-9-19(27)10-6-16/h5-12,18,23-24H,13-14H2,1-4H3/t18-,23?,24-/m0/s1. The Balaban J connectivity index is 1.78. The molecule has 0 saturated heterocycles. The van der Waals surface area contributed by atoms with Crippen LogP contribution in [-0.4, -0.2) is 38.7 Å². The van der Waals surface area contributed by atoms with Crippen LogP contribution in [0.2, 0.25) is 5.02 Å². The number of hydrogen-bond donors (Lipinski definition) is 0. The molecule has 2 aliphatic rings. The summed E-state index contributed by atoms with van der Waals surface area (Å²) in [4.78, 5) is 33.0. The Morgan fingerprint density at radius 2 is 1.66 bits per heavy atom. The molecule has 6 heteroatoms. The lowest BCUT2D eigenvalue weighted by molar-refractivity contribution is -0.143. The second-order valence-corrected chi connectivity index (χ2v) is 9.09.